The Morgan fingerprint density at radius 2 is 1.76 bits per heavy atom. The molecule has 1 aromatic rings. The van der Waals surface area contributed by atoms with E-state index in [9.17, 15) is 4.79 Å². The Balaban J connectivity index is 2.55. The van der Waals surface area contributed by atoms with Crippen LogP contribution in [0, 0.1) is 5.92 Å². The Hall–Kier alpha value is -1.55. The Labute approximate surface area is 102 Å². The van der Waals surface area contributed by atoms with Crippen molar-refractivity contribution in [3.8, 4) is 11.5 Å². The summed E-state index contributed by atoms with van der Waals surface area (Å²) in [4.78, 5) is 11.6. The maximum Gasteiger partial charge on any atom is 0.328 e. The molecule has 0 spiro atoms. The fourth-order valence-corrected chi connectivity index (χ4v) is 1.44. The standard InChI is InChI=1S/C13H19NO3/c1-9(2)8-12(14)13(15)17-11-6-4-10(16-3)5-7-11/h4-7,9,12H,8,14H2,1-3H3. The third kappa shape index (κ3) is 4.44. The number of ether oxygens (including phenoxy) is 2. The second-order valence-electron chi connectivity index (χ2n) is 4.33. The molecule has 0 aliphatic heterocycles. The van der Waals surface area contributed by atoms with Gasteiger partial charge in [0.05, 0.1) is 7.11 Å². The van der Waals surface area contributed by atoms with Crippen LogP contribution in [0.5, 0.6) is 11.5 Å². The van der Waals surface area contributed by atoms with Gasteiger partial charge in [-0.25, -0.2) is 4.79 Å². The first-order chi connectivity index (χ1) is 8.02. The first kappa shape index (κ1) is 13.5. The monoisotopic (exact) mass is 237 g/mol. The van der Waals surface area contributed by atoms with Gasteiger partial charge in [0, 0.05) is 0 Å². The van der Waals surface area contributed by atoms with Gasteiger partial charge in [-0.2, -0.15) is 0 Å². The van der Waals surface area contributed by atoms with Crippen molar-refractivity contribution in [3.63, 3.8) is 0 Å². The third-order valence-electron chi connectivity index (χ3n) is 2.31. The number of carbonyl (C=O) groups is 1. The molecule has 1 unspecified atom stereocenters. The lowest BCUT2D eigenvalue weighted by Crippen LogP contribution is -2.35. The molecule has 0 radical (unpaired) electrons. The van der Waals surface area contributed by atoms with E-state index >= 15 is 0 Å². The van der Waals surface area contributed by atoms with Crippen LogP contribution in [0.4, 0.5) is 0 Å². The number of carbonyl (C=O) groups excluding carboxylic acids is 1. The van der Waals surface area contributed by atoms with Gasteiger partial charge in [-0.15, -0.1) is 0 Å². The molecule has 1 aromatic carbocycles. The Bertz CT molecular complexity index is 359. The van der Waals surface area contributed by atoms with Crippen molar-refractivity contribution in [2.45, 2.75) is 26.3 Å². The number of methoxy groups -OCH3 is 1. The van der Waals surface area contributed by atoms with Crippen LogP contribution in [-0.2, 0) is 4.79 Å². The summed E-state index contributed by atoms with van der Waals surface area (Å²) in [5, 5.41) is 0. The summed E-state index contributed by atoms with van der Waals surface area (Å²) in [6.07, 6.45) is 0.620. The summed E-state index contributed by atoms with van der Waals surface area (Å²) in [7, 11) is 1.58. The summed E-state index contributed by atoms with van der Waals surface area (Å²) in [6, 6.07) is 6.25. The summed E-state index contributed by atoms with van der Waals surface area (Å²) in [5.41, 5.74) is 5.72. The lowest BCUT2D eigenvalue weighted by Gasteiger charge is -2.13. The fourth-order valence-electron chi connectivity index (χ4n) is 1.44. The van der Waals surface area contributed by atoms with Crippen LogP contribution < -0.4 is 15.2 Å². The highest BCUT2D eigenvalue weighted by atomic mass is 16.5. The first-order valence-electron chi connectivity index (χ1n) is 5.64. The minimum absolute atomic E-state index is 0.369. The van der Waals surface area contributed by atoms with Gasteiger partial charge in [0.1, 0.15) is 17.5 Å². The summed E-state index contributed by atoms with van der Waals surface area (Å²) in [6.45, 7) is 4.03. The van der Waals surface area contributed by atoms with Crippen LogP contribution in [0.2, 0.25) is 0 Å². The quantitative estimate of drug-likeness (QED) is 0.628. The topological polar surface area (TPSA) is 61.5 Å². The molecule has 1 atom stereocenters. The predicted molar refractivity (Wildman–Crippen MR) is 66.1 cm³/mol. The average Bonchev–Trinajstić information content (AvgIpc) is 2.29. The SMILES string of the molecule is COc1ccc(OC(=O)C(N)CC(C)C)cc1. The van der Waals surface area contributed by atoms with Gasteiger partial charge in [-0.1, -0.05) is 13.8 Å². The van der Waals surface area contributed by atoms with E-state index < -0.39 is 12.0 Å². The molecule has 4 nitrogen and oxygen atoms in total. The van der Waals surface area contributed by atoms with E-state index in [-0.39, 0.29) is 0 Å². The molecule has 0 aliphatic carbocycles. The van der Waals surface area contributed by atoms with E-state index in [4.69, 9.17) is 15.2 Å². The number of nitrogens with two attached hydrogens (primary N) is 1. The van der Waals surface area contributed by atoms with Gasteiger partial charge in [-0.3, -0.25) is 0 Å². The van der Waals surface area contributed by atoms with E-state index in [1.54, 1.807) is 31.4 Å². The van der Waals surface area contributed by atoms with E-state index in [1.165, 1.54) is 0 Å². The second kappa shape index (κ2) is 6.25. The molecule has 4 heteroatoms. The molecule has 0 saturated carbocycles. The second-order valence-corrected chi connectivity index (χ2v) is 4.33. The van der Waals surface area contributed by atoms with Crippen molar-refractivity contribution >= 4 is 5.97 Å². The normalized spacial score (nSPS) is 12.3. The Morgan fingerprint density at radius 3 is 2.24 bits per heavy atom. The third-order valence-corrected chi connectivity index (χ3v) is 2.31. The fraction of sp³-hybridized carbons (Fsp3) is 0.462. The van der Waals surface area contributed by atoms with Crippen molar-refractivity contribution in [2.24, 2.45) is 11.7 Å². The molecule has 94 valence electrons. The minimum atomic E-state index is -0.572. The minimum Gasteiger partial charge on any atom is -0.497 e. The molecule has 0 saturated heterocycles. The summed E-state index contributed by atoms with van der Waals surface area (Å²) >= 11 is 0. The Morgan fingerprint density at radius 1 is 1.24 bits per heavy atom. The maximum atomic E-state index is 11.6. The van der Waals surface area contributed by atoms with E-state index in [0.717, 1.165) is 5.75 Å². The molecule has 0 amide bonds. The smallest absolute Gasteiger partial charge is 0.328 e. The van der Waals surface area contributed by atoms with E-state index in [0.29, 0.717) is 18.1 Å². The number of rotatable bonds is 5. The number of hydrogen-bond acceptors (Lipinski definition) is 4. The molecule has 0 bridgehead atoms. The average molecular weight is 237 g/mol. The zero-order chi connectivity index (χ0) is 12.8. The lowest BCUT2D eigenvalue weighted by atomic mass is 10.1. The first-order valence-corrected chi connectivity index (χ1v) is 5.64. The molecule has 2 N–H and O–H groups in total. The van der Waals surface area contributed by atoms with Gasteiger partial charge < -0.3 is 15.2 Å². The molecule has 0 aliphatic rings. The number of hydrogen-bond donors (Lipinski definition) is 1. The zero-order valence-corrected chi connectivity index (χ0v) is 10.5. The van der Waals surface area contributed by atoms with Gasteiger partial charge in [-0.05, 0) is 36.6 Å². The molecule has 0 fully saturated rings. The van der Waals surface area contributed by atoms with Gasteiger partial charge >= 0.3 is 5.97 Å². The summed E-state index contributed by atoms with van der Waals surface area (Å²) in [5.74, 6) is 1.17. The van der Waals surface area contributed by atoms with Crippen molar-refractivity contribution < 1.29 is 14.3 Å². The number of esters is 1. The van der Waals surface area contributed by atoms with Gasteiger partial charge in [0.15, 0.2) is 0 Å². The van der Waals surface area contributed by atoms with E-state index in [1.807, 2.05) is 13.8 Å². The molecule has 17 heavy (non-hydrogen) atoms. The van der Waals surface area contributed by atoms with Crippen LogP contribution in [-0.4, -0.2) is 19.1 Å². The largest absolute Gasteiger partial charge is 0.497 e. The lowest BCUT2D eigenvalue weighted by molar-refractivity contribution is -0.136. The van der Waals surface area contributed by atoms with Gasteiger partial charge in [0.25, 0.3) is 0 Å². The summed E-state index contributed by atoms with van der Waals surface area (Å²) < 4.78 is 10.2. The molecular formula is C13H19NO3. The van der Waals surface area contributed by atoms with Crippen LogP contribution >= 0.6 is 0 Å². The highest BCUT2D eigenvalue weighted by molar-refractivity contribution is 5.77. The van der Waals surface area contributed by atoms with Crippen molar-refractivity contribution in [1.82, 2.24) is 0 Å². The Kier molecular flexibility index (Phi) is 4.97. The molecule has 1 rings (SSSR count). The highest BCUT2D eigenvalue weighted by Gasteiger charge is 2.17. The zero-order valence-electron chi connectivity index (χ0n) is 10.5. The highest BCUT2D eigenvalue weighted by Crippen LogP contribution is 2.17. The predicted octanol–water partition coefficient (Wildman–Crippen LogP) is 1.97. The van der Waals surface area contributed by atoms with Crippen LogP contribution in [0.3, 0.4) is 0 Å². The molecule has 0 aromatic heterocycles. The van der Waals surface area contributed by atoms with Crippen molar-refractivity contribution in [2.75, 3.05) is 7.11 Å². The maximum absolute atomic E-state index is 11.6. The van der Waals surface area contributed by atoms with Crippen LogP contribution in [0.1, 0.15) is 20.3 Å². The number of benzene rings is 1. The van der Waals surface area contributed by atoms with Crippen LogP contribution in [0.15, 0.2) is 24.3 Å². The van der Waals surface area contributed by atoms with Crippen molar-refractivity contribution in [3.05, 3.63) is 24.3 Å². The van der Waals surface area contributed by atoms with E-state index in [2.05, 4.69) is 0 Å². The van der Waals surface area contributed by atoms with Crippen LogP contribution in [0.25, 0.3) is 0 Å². The molecular weight excluding hydrogens is 218 g/mol. The van der Waals surface area contributed by atoms with Crippen molar-refractivity contribution in [1.29, 1.82) is 0 Å². The molecule has 0 heterocycles. The van der Waals surface area contributed by atoms with Gasteiger partial charge in [0.2, 0.25) is 0 Å².